The molecular formula is C24H27FN2O3. The first-order valence-corrected chi connectivity index (χ1v) is 10.6. The maximum Gasteiger partial charge on any atom is 0.251 e. The fraction of sp³-hybridized carbons (Fsp3) is 0.417. The lowest BCUT2D eigenvalue weighted by Crippen LogP contribution is -2.42. The van der Waals surface area contributed by atoms with E-state index in [4.69, 9.17) is 4.74 Å². The highest BCUT2D eigenvalue weighted by molar-refractivity contribution is 5.94. The number of amides is 2. The summed E-state index contributed by atoms with van der Waals surface area (Å²) in [6, 6.07) is 13.0. The quantitative estimate of drug-likeness (QED) is 0.780. The summed E-state index contributed by atoms with van der Waals surface area (Å²) < 4.78 is 19.1. The molecule has 30 heavy (non-hydrogen) atoms. The molecular weight excluding hydrogens is 383 g/mol. The number of benzene rings is 2. The minimum Gasteiger partial charge on any atom is -0.490 e. The lowest BCUT2D eigenvalue weighted by Gasteiger charge is -2.32. The molecule has 0 aromatic heterocycles. The molecule has 1 N–H and O–H groups in total. The number of rotatable bonds is 6. The third-order valence-corrected chi connectivity index (χ3v) is 5.82. The highest BCUT2D eigenvalue weighted by atomic mass is 19.1. The van der Waals surface area contributed by atoms with E-state index in [2.05, 4.69) is 5.32 Å². The highest BCUT2D eigenvalue weighted by Crippen LogP contribution is 2.32. The van der Waals surface area contributed by atoms with Gasteiger partial charge in [0.15, 0.2) is 0 Å². The smallest absolute Gasteiger partial charge is 0.251 e. The third kappa shape index (κ3) is 4.99. The van der Waals surface area contributed by atoms with E-state index >= 15 is 0 Å². The largest absolute Gasteiger partial charge is 0.490 e. The Bertz CT molecular complexity index is 886. The van der Waals surface area contributed by atoms with Crippen LogP contribution >= 0.6 is 0 Å². The molecule has 2 aromatic rings. The second-order valence-electron chi connectivity index (χ2n) is 8.19. The average molecular weight is 410 g/mol. The summed E-state index contributed by atoms with van der Waals surface area (Å²) in [7, 11) is 0. The van der Waals surface area contributed by atoms with E-state index in [0.717, 1.165) is 50.1 Å². The average Bonchev–Trinajstić information content (AvgIpc) is 3.60. The summed E-state index contributed by atoms with van der Waals surface area (Å²) in [6.45, 7) is 3.37. The zero-order valence-electron chi connectivity index (χ0n) is 17.1. The van der Waals surface area contributed by atoms with E-state index in [1.165, 1.54) is 12.1 Å². The van der Waals surface area contributed by atoms with Crippen LogP contribution in [-0.4, -0.2) is 35.9 Å². The minimum absolute atomic E-state index is 0.0893. The molecule has 6 heteroatoms. The van der Waals surface area contributed by atoms with Crippen LogP contribution in [0.15, 0.2) is 48.5 Å². The Morgan fingerprint density at radius 1 is 1.00 bits per heavy atom. The second-order valence-corrected chi connectivity index (χ2v) is 8.19. The van der Waals surface area contributed by atoms with Crippen LogP contribution in [0.3, 0.4) is 0 Å². The Kier molecular flexibility index (Phi) is 6.02. The van der Waals surface area contributed by atoms with E-state index in [-0.39, 0.29) is 29.8 Å². The number of carbonyl (C=O) groups is 2. The maximum atomic E-state index is 13.1. The molecule has 1 heterocycles. The zero-order chi connectivity index (χ0) is 21.1. The topological polar surface area (TPSA) is 58.6 Å². The van der Waals surface area contributed by atoms with Crippen molar-refractivity contribution in [2.24, 2.45) is 5.92 Å². The predicted octanol–water partition coefficient (Wildman–Crippen LogP) is 4.10. The van der Waals surface area contributed by atoms with Gasteiger partial charge in [0.1, 0.15) is 17.7 Å². The normalized spacial score (nSPS) is 18.0. The van der Waals surface area contributed by atoms with E-state index in [1.54, 1.807) is 36.4 Å². The van der Waals surface area contributed by atoms with Crippen molar-refractivity contribution >= 4 is 11.8 Å². The maximum absolute atomic E-state index is 13.1. The molecule has 0 radical (unpaired) electrons. The summed E-state index contributed by atoms with van der Waals surface area (Å²) in [6.07, 6.45) is 3.83. The first kappa shape index (κ1) is 20.4. The van der Waals surface area contributed by atoms with E-state index in [0.29, 0.717) is 11.5 Å². The molecule has 2 aliphatic rings. The van der Waals surface area contributed by atoms with Crippen molar-refractivity contribution in [3.05, 3.63) is 65.5 Å². The molecule has 1 atom stereocenters. The summed E-state index contributed by atoms with van der Waals surface area (Å²) in [5.74, 6) is 0.814. The van der Waals surface area contributed by atoms with Crippen LogP contribution in [0.5, 0.6) is 5.75 Å². The number of carbonyl (C=O) groups excluding carboxylic acids is 2. The Hall–Kier alpha value is -2.89. The van der Waals surface area contributed by atoms with Crippen molar-refractivity contribution in [3.8, 4) is 5.75 Å². The van der Waals surface area contributed by atoms with Crippen molar-refractivity contribution in [2.45, 2.75) is 44.8 Å². The number of nitrogens with zero attached hydrogens (tertiary/aromatic N) is 1. The second kappa shape index (κ2) is 8.86. The molecule has 2 amide bonds. The van der Waals surface area contributed by atoms with Gasteiger partial charge in [0, 0.05) is 37.4 Å². The van der Waals surface area contributed by atoms with Crippen molar-refractivity contribution in [2.75, 3.05) is 13.1 Å². The van der Waals surface area contributed by atoms with E-state index in [1.807, 2.05) is 11.8 Å². The molecule has 1 saturated carbocycles. The minimum atomic E-state index is -0.298. The molecule has 1 aliphatic heterocycles. The Morgan fingerprint density at radius 2 is 1.63 bits per heavy atom. The zero-order valence-corrected chi connectivity index (χ0v) is 17.1. The summed E-state index contributed by atoms with van der Waals surface area (Å²) >= 11 is 0. The van der Waals surface area contributed by atoms with Crippen molar-refractivity contribution in [1.82, 2.24) is 10.2 Å². The molecule has 1 saturated heterocycles. The molecule has 158 valence electrons. The van der Waals surface area contributed by atoms with Crippen molar-refractivity contribution in [3.63, 3.8) is 0 Å². The third-order valence-electron chi connectivity index (χ3n) is 5.82. The lowest BCUT2D eigenvalue weighted by atomic mass is 10.1. The van der Waals surface area contributed by atoms with Gasteiger partial charge in [-0.2, -0.15) is 0 Å². The van der Waals surface area contributed by atoms with Crippen LogP contribution in [0, 0.1) is 11.7 Å². The monoisotopic (exact) mass is 410 g/mol. The van der Waals surface area contributed by atoms with Crippen LogP contribution in [0.4, 0.5) is 4.39 Å². The standard InChI is InChI=1S/C24H27FN2O3/c1-16(17-4-8-20(25)9-5-17)26-23(28)18-6-10-21(11-7-18)30-22-12-14-27(15-13-22)24(29)19-2-3-19/h4-11,16,19,22H,2-3,12-15H2,1H3,(H,26,28)/t16-/m1/s1. The molecule has 0 spiro atoms. The number of ether oxygens (including phenoxy) is 1. The van der Waals surface area contributed by atoms with Crippen LogP contribution in [-0.2, 0) is 4.79 Å². The summed E-state index contributed by atoms with van der Waals surface area (Å²) in [4.78, 5) is 26.6. The van der Waals surface area contributed by atoms with Crippen LogP contribution in [0.1, 0.15) is 54.6 Å². The predicted molar refractivity (Wildman–Crippen MR) is 112 cm³/mol. The van der Waals surface area contributed by atoms with Crippen LogP contribution in [0.2, 0.25) is 0 Å². The molecule has 1 aliphatic carbocycles. The van der Waals surface area contributed by atoms with Crippen molar-refractivity contribution in [1.29, 1.82) is 0 Å². The molecule has 5 nitrogen and oxygen atoms in total. The molecule has 2 aromatic carbocycles. The molecule has 2 fully saturated rings. The molecule has 0 unspecified atom stereocenters. The molecule has 0 bridgehead atoms. The summed E-state index contributed by atoms with van der Waals surface area (Å²) in [5, 5.41) is 2.92. The number of likely N-dealkylation sites (tertiary alicyclic amines) is 1. The van der Waals surface area contributed by atoms with Gasteiger partial charge >= 0.3 is 0 Å². The first-order chi connectivity index (χ1) is 14.5. The number of hydrogen-bond acceptors (Lipinski definition) is 3. The van der Waals surface area contributed by atoms with Gasteiger partial charge in [-0.25, -0.2) is 4.39 Å². The van der Waals surface area contributed by atoms with Gasteiger partial charge in [0.25, 0.3) is 5.91 Å². The SMILES string of the molecule is C[C@@H](NC(=O)c1ccc(OC2CCN(C(=O)C3CC3)CC2)cc1)c1ccc(F)cc1. The van der Waals surface area contributed by atoms with Gasteiger partial charge in [-0.3, -0.25) is 9.59 Å². The first-order valence-electron chi connectivity index (χ1n) is 10.6. The van der Waals surface area contributed by atoms with Gasteiger partial charge in [-0.1, -0.05) is 12.1 Å². The van der Waals surface area contributed by atoms with Gasteiger partial charge in [-0.05, 0) is 61.7 Å². The fourth-order valence-electron chi connectivity index (χ4n) is 3.77. The Morgan fingerprint density at radius 3 is 2.23 bits per heavy atom. The van der Waals surface area contributed by atoms with Crippen LogP contribution in [0.25, 0.3) is 0 Å². The van der Waals surface area contributed by atoms with E-state index < -0.39 is 0 Å². The number of hydrogen-bond donors (Lipinski definition) is 1. The lowest BCUT2D eigenvalue weighted by molar-refractivity contribution is -0.134. The van der Waals surface area contributed by atoms with Gasteiger partial charge in [0.05, 0.1) is 6.04 Å². The van der Waals surface area contributed by atoms with Gasteiger partial charge in [0.2, 0.25) is 5.91 Å². The van der Waals surface area contributed by atoms with Gasteiger partial charge < -0.3 is 15.0 Å². The number of halogens is 1. The summed E-state index contributed by atoms with van der Waals surface area (Å²) in [5.41, 5.74) is 1.39. The van der Waals surface area contributed by atoms with E-state index in [9.17, 15) is 14.0 Å². The highest BCUT2D eigenvalue weighted by Gasteiger charge is 2.35. The fourth-order valence-corrected chi connectivity index (χ4v) is 3.77. The van der Waals surface area contributed by atoms with Crippen LogP contribution < -0.4 is 10.1 Å². The molecule has 4 rings (SSSR count). The number of nitrogens with one attached hydrogen (secondary N) is 1. The Balaban J connectivity index is 1.27. The Labute approximate surface area is 176 Å². The van der Waals surface area contributed by atoms with Gasteiger partial charge in [-0.15, -0.1) is 0 Å². The number of piperidine rings is 1. The van der Waals surface area contributed by atoms with Crippen molar-refractivity contribution < 1.29 is 18.7 Å².